The second-order valence-corrected chi connectivity index (χ2v) is 7.91. The van der Waals surface area contributed by atoms with Crippen LogP contribution in [0.3, 0.4) is 0 Å². The van der Waals surface area contributed by atoms with Crippen molar-refractivity contribution in [1.29, 1.82) is 0 Å². The number of ether oxygens (including phenoxy) is 2. The summed E-state index contributed by atoms with van der Waals surface area (Å²) in [5.41, 5.74) is 4.70. The van der Waals surface area contributed by atoms with Crippen LogP contribution in [0.25, 0.3) is 6.08 Å². The summed E-state index contributed by atoms with van der Waals surface area (Å²) in [7, 11) is 1.63. The van der Waals surface area contributed by atoms with E-state index in [1.54, 1.807) is 24.1 Å². The van der Waals surface area contributed by atoms with Crippen molar-refractivity contribution in [2.75, 3.05) is 12.4 Å². The van der Waals surface area contributed by atoms with Crippen LogP contribution in [0.4, 0.5) is 5.69 Å². The van der Waals surface area contributed by atoms with Crippen molar-refractivity contribution in [3.63, 3.8) is 0 Å². The third-order valence-corrected chi connectivity index (χ3v) is 5.20. The van der Waals surface area contributed by atoms with Gasteiger partial charge in [0.05, 0.1) is 25.5 Å². The fourth-order valence-corrected chi connectivity index (χ4v) is 3.52. The molecule has 172 valence electrons. The number of amides is 1. The summed E-state index contributed by atoms with van der Waals surface area (Å²) in [6.07, 6.45) is 6.72. The summed E-state index contributed by atoms with van der Waals surface area (Å²) in [6, 6.07) is 23.7. The Bertz CT molecular complexity index is 1280. The van der Waals surface area contributed by atoms with Gasteiger partial charge in [-0.15, -0.1) is 0 Å². The second-order valence-electron chi connectivity index (χ2n) is 7.91. The number of carbonyl (C=O) groups is 1. The Hall–Kier alpha value is -4.32. The summed E-state index contributed by atoms with van der Waals surface area (Å²) in [6.45, 7) is 3.03. The van der Waals surface area contributed by atoms with Gasteiger partial charge in [-0.3, -0.25) is 9.48 Å². The Labute approximate surface area is 199 Å². The molecule has 0 spiro atoms. The molecule has 1 aromatic heterocycles. The molecule has 0 aliphatic carbocycles. The molecular formula is C28H27N3O3. The minimum absolute atomic E-state index is 0.229. The van der Waals surface area contributed by atoms with Gasteiger partial charge < -0.3 is 14.8 Å². The lowest BCUT2D eigenvalue weighted by molar-refractivity contribution is -0.111. The summed E-state index contributed by atoms with van der Waals surface area (Å²) in [5, 5.41) is 7.16. The number of rotatable bonds is 9. The third kappa shape index (κ3) is 6.36. The lowest BCUT2D eigenvalue weighted by Crippen LogP contribution is -2.07. The van der Waals surface area contributed by atoms with Gasteiger partial charge in [-0.25, -0.2) is 0 Å². The molecule has 0 radical (unpaired) electrons. The lowest BCUT2D eigenvalue weighted by atomic mass is 10.1. The Balaban J connectivity index is 1.37. The average molecular weight is 454 g/mol. The van der Waals surface area contributed by atoms with Crippen molar-refractivity contribution in [2.24, 2.45) is 0 Å². The largest absolute Gasteiger partial charge is 0.496 e. The van der Waals surface area contributed by atoms with Crippen molar-refractivity contribution < 1.29 is 14.3 Å². The van der Waals surface area contributed by atoms with Crippen LogP contribution in [0, 0.1) is 6.92 Å². The number of carbonyl (C=O) groups excluding carboxylic acids is 1. The predicted octanol–water partition coefficient (Wildman–Crippen LogP) is 5.48. The smallest absolute Gasteiger partial charge is 0.248 e. The first-order valence-corrected chi connectivity index (χ1v) is 11.0. The second kappa shape index (κ2) is 11.0. The number of anilines is 1. The molecule has 3 aromatic carbocycles. The summed E-state index contributed by atoms with van der Waals surface area (Å²) >= 11 is 0. The van der Waals surface area contributed by atoms with Gasteiger partial charge in [-0.05, 0) is 54.0 Å². The van der Waals surface area contributed by atoms with Crippen molar-refractivity contribution in [3.05, 3.63) is 114 Å². The van der Waals surface area contributed by atoms with Gasteiger partial charge in [-0.1, -0.05) is 48.5 Å². The number of methoxy groups -OCH3 is 1. The van der Waals surface area contributed by atoms with Crippen LogP contribution in [0.1, 0.15) is 22.3 Å². The maximum atomic E-state index is 12.4. The molecule has 0 saturated heterocycles. The molecule has 1 N–H and O–H groups in total. The Morgan fingerprint density at radius 2 is 1.91 bits per heavy atom. The third-order valence-electron chi connectivity index (χ3n) is 5.20. The fraction of sp³-hybridized carbons (Fsp3) is 0.143. The summed E-state index contributed by atoms with van der Waals surface area (Å²) in [5.74, 6) is 1.31. The highest BCUT2D eigenvalue weighted by molar-refractivity contribution is 6.01. The lowest BCUT2D eigenvalue weighted by Gasteiger charge is -2.11. The zero-order chi connectivity index (χ0) is 23.8. The molecule has 6 heteroatoms. The predicted molar refractivity (Wildman–Crippen MR) is 134 cm³/mol. The molecule has 34 heavy (non-hydrogen) atoms. The Morgan fingerprint density at radius 1 is 1.06 bits per heavy atom. The van der Waals surface area contributed by atoms with Crippen LogP contribution in [-0.4, -0.2) is 22.8 Å². The van der Waals surface area contributed by atoms with E-state index in [1.807, 2.05) is 85.9 Å². The van der Waals surface area contributed by atoms with Crippen LogP contribution in [-0.2, 0) is 17.9 Å². The molecule has 6 nitrogen and oxygen atoms in total. The first-order chi connectivity index (χ1) is 16.6. The highest BCUT2D eigenvalue weighted by atomic mass is 16.5. The van der Waals surface area contributed by atoms with Gasteiger partial charge in [0.1, 0.15) is 18.1 Å². The van der Waals surface area contributed by atoms with Crippen molar-refractivity contribution in [2.45, 2.75) is 20.1 Å². The molecule has 1 amide bonds. The van der Waals surface area contributed by atoms with E-state index in [2.05, 4.69) is 10.4 Å². The minimum Gasteiger partial charge on any atom is -0.496 e. The number of nitrogens with one attached hydrogen (secondary N) is 1. The molecule has 4 aromatic rings. The molecular weight excluding hydrogens is 426 g/mol. The Morgan fingerprint density at radius 3 is 2.71 bits per heavy atom. The average Bonchev–Trinajstić information content (AvgIpc) is 3.28. The van der Waals surface area contributed by atoms with Crippen LogP contribution in [0.5, 0.6) is 11.5 Å². The van der Waals surface area contributed by atoms with E-state index >= 15 is 0 Å². The number of nitrogens with zero attached hydrogens (tertiary/aromatic N) is 2. The quantitative estimate of drug-likeness (QED) is 0.341. The monoisotopic (exact) mass is 453 g/mol. The van der Waals surface area contributed by atoms with E-state index in [0.29, 0.717) is 18.8 Å². The van der Waals surface area contributed by atoms with Crippen LogP contribution in [0.2, 0.25) is 0 Å². The normalized spacial score (nSPS) is 10.9. The number of aryl methyl sites for hydroxylation is 1. The van der Waals surface area contributed by atoms with E-state index in [9.17, 15) is 4.79 Å². The summed E-state index contributed by atoms with van der Waals surface area (Å²) < 4.78 is 13.2. The molecule has 0 fully saturated rings. The van der Waals surface area contributed by atoms with E-state index in [0.717, 1.165) is 33.8 Å². The first kappa shape index (κ1) is 22.9. The van der Waals surface area contributed by atoms with Gasteiger partial charge in [0.2, 0.25) is 5.91 Å². The Kier molecular flexibility index (Phi) is 7.40. The molecule has 1 heterocycles. The minimum atomic E-state index is -0.229. The van der Waals surface area contributed by atoms with Crippen molar-refractivity contribution in [3.8, 4) is 11.5 Å². The van der Waals surface area contributed by atoms with Crippen LogP contribution in [0.15, 0.2) is 91.3 Å². The molecule has 0 atom stereocenters. The number of hydrogen-bond acceptors (Lipinski definition) is 4. The van der Waals surface area contributed by atoms with Gasteiger partial charge in [0.15, 0.2) is 0 Å². The molecule has 0 unspecified atom stereocenters. The summed E-state index contributed by atoms with van der Waals surface area (Å²) in [4.78, 5) is 12.4. The van der Waals surface area contributed by atoms with Gasteiger partial charge in [0, 0.05) is 17.8 Å². The van der Waals surface area contributed by atoms with Crippen molar-refractivity contribution in [1.82, 2.24) is 9.78 Å². The SMILES string of the molecule is COc1ccc(/C=C/C(=O)Nc2cnn(Cc3ccccc3)c2)cc1COc1cccc(C)c1. The van der Waals surface area contributed by atoms with Crippen LogP contribution < -0.4 is 14.8 Å². The zero-order valence-corrected chi connectivity index (χ0v) is 19.3. The highest BCUT2D eigenvalue weighted by Gasteiger charge is 2.07. The van der Waals surface area contributed by atoms with Gasteiger partial charge in [-0.2, -0.15) is 5.10 Å². The van der Waals surface area contributed by atoms with E-state index in [4.69, 9.17) is 9.47 Å². The molecule has 0 saturated carbocycles. The number of hydrogen-bond donors (Lipinski definition) is 1. The maximum Gasteiger partial charge on any atom is 0.248 e. The van der Waals surface area contributed by atoms with Crippen LogP contribution >= 0.6 is 0 Å². The highest BCUT2D eigenvalue weighted by Crippen LogP contribution is 2.23. The number of benzene rings is 3. The molecule has 0 aliphatic heterocycles. The zero-order valence-electron chi connectivity index (χ0n) is 19.3. The standard InChI is InChI=1S/C28H27N3O3/c1-21-7-6-10-26(15-21)34-20-24-16-22(11-13-27(24)33-2)12-14-28(32)30-25-17-29-31(19-25)18-23-8-4-3-5-9-23/h3-17,19H,18,20H2,1-2H3,(H,30,32)/b14-12+. The molecule has 0 aliphatic rings. The van der Waals surface area contributed by atoms with Gasteiger partial charge in [0.25, 0.3) is 0 Å². The topological polar surface area (TPSA) is 65.4 Å². The molecule has 4 rings (SSSR count). The van der Waals surface area contributed by atoms with E-state index in [1.165, 1.54) is 6.08 Å². The van der Waals surface area contributed by atoms with Gasteiger partial charge >= 0.3 is 0 Å². The van der Waals surface area contributed by atoms with E-state index in [-0.39, 0.29) is 5.91 Å². The fourth-order valence-electron chi connectivity index (χ4n) is 3.52. The number of aromatic nitrogens is 2. The first-order valence-electron chi connectivity index (χ1n) is 11.0. The van der Waals surface area contributed by atoms with E-state index < -0.39 is 0 Å². The molecule has 0 bridgehead atoms. The maximum absolute atomic E-state index is 12.4. The van der Waals surface area contributed by atoms with Crippen molar-refractivity contribution >= 4 is 17.7 Å².